The van der Waals surface area contributed by atoms with Gasteiger partial charge < -0.3 is 24.7 Å². The summed E-state index contributed by atoms with van der Waals surface area (Å²) in [7, 11) is 1.56. The number of carbonyl (C=O) groups excluding carboxylic acids is 3. The molecule has 0 unspecified atom stereocenters. The van der Waals surface area contributed by atoms with Crippen molar-refractivity contribution in [3.05, 3.63) is 118 Å². The van der Waals surface area contributed by atoms with Crippen molar-refractivity contribution < 1.29 is 23.5 Å². The monoisotopic (exact) mass is 657 g/mol. The van der Waals surface area contributed by atoms with Crippen LogP contribution in [0.3, 0.4) is 0 Å². The summed E-state index contributed by atoms with van der Waals surface area (Å²) < 4.78 is 11.2. The fourth-order valence-electron chi connectivity index (χ4n) is 4.49. The van der Waals surface area contributed by atoms with E-state index in [1.807, 2.05) is 37.3 Å². The Balaban J connectivity index is 1.16. The Morgan fingerprint density at radius 2 is 1.78 bits per heavy atom. The Labute approximate surface area is 275 Å². The van der Waals surface area contributed by atoms with Crippen LogP contribution in [0.1, 0.15) is 33.1 Å². The van der Waals surface area contributed by atoms with Crippen LogP contribution in [0.2, 0.25) is 10.0 Å². The second kappa shape index (κ2) is 14.3. The molecule has 0 spiro atoms. The largest absolute Gasteiger partial charge is 0.487 e. The lowest BCUT2D eigenvalue weighted by atomic mass is 10.1. The topological polar surface area (TPSA) is 127 Å². The van der Waals surface area contributed by atoms with Gasteiger partial charge in [-0.1, -0.05) is 53.5 Å². The molecule has 12 heteroatoms. The number of aryl methyl sites for hydroxylation is 2. The summed E-state index contributed by atoms with van der Waals surface area (Å²) in [4.78, 5) is 47.5. The fraction of sp³-hybridized carbons (Fsp3) is 0.147. The van der Waals surface area contributed by atoms with E-state index in [0.717, 1.165) is 16.6 Å². The molecule has 2 N–H and O–H groups in total. The highest BCUT2D eigenvalue weighted by molar-refractivity contribution is 6.38. The van der Waals surface area contributed by atoms with E-state index in [4.69, 9.17) is 32.4 Å². The lowest BCUT2D eigenvalue weighted by Crippen LogP contribution is -2.37. The van der Waals surface area contributed by atoms with Crippen LogP contribution in [0.5, 0.6) is 5.75 Å². The van der Waals surface area contributed by atoms with E-state index in [9.17, 15) is 14.4 Å². The number of anilines is 2. The number of hydrogen-bond donors (Lipinski definition) is 2. The van der Waals surface area contributed by atoms with Gasteiger partial charge >= 0.3 is 0 Å². The van der Waals surface area contributed by atoms with E-state index in [1.165, 1.54) is 17.4 Å². The number of benzene rings is 3. The minimum Gasteiger partial charge on any atom is -0.487 e. The number of carbonyl (C=O) groups is 3. The molecule has 0 fully saturated rings. The van der Waals surface area contributed by atoms with Crippen molar-refractivity contribution in [1.29, 1.82) is 0 Å². The SMILES string of the molecule is Cc1ccc2cccc(OCc3c(Cl)ccc(N(C)C(=O)CNC(=O)/C=C/c4ccc(NC(=O)c5ocnc5C)cc4)c3Cl)c2n1. The molecule has 0 atom stereocenters. The highest BCUT2D eigenvalue weighted by atomic mass is 35.5. The minimum atomic E-state index is -0.463. The van der Waals surface area contributed by atoms with Crippen molar-refractivity contribution in [3.8, 4) is 5.75 Å². The number of ether oxygens (including phenoxy) is 1. The third-order valence-corrected chi connectivity index (χ3v) is 7.83. The summed E-state index contributed by atoms with van der Waals surface area (Å²) in [5.41, 5.74) is 4.26. The lowest BCUT2D eigenvalue weighted by Gasteiger charge is -2.21. The van der Waals surface area contributed by atoms with Gasteiger partial charge in [0.1, 0.15) is 17.9 Å². The molecule has 5 rings (SSSR count). The van der Waals surface area contributed by atoms with Crippen molar-refractivity contribution in [2.45, 2.75) is 20.5 Å². The van der Waals surface area contributed by atoms with Crippen molar-refractivity contribution >= 4 is 69.3 Å². The van der Waals surface area contributed by atoms with Crippen molar-refractivity contribution in [1.82, 2.24) is 15.3 Å². The van der Waals surface area contributed by atoms with Crippen LogP contribution in [-0.2, 0) is 16.2 Å². The van der Waals surface area contributed by atoms with E-state index in [2.05, 4.69) is 20.6 Å². The summed E-state index contributed by atoms with van der Waals surface area (Å²) in [5, 5.41) is 6.89. The van der Waals surface area contributed by atoms with Crippen LogP contribution in [0.4, 0.5) is 11.4 Å². The molecule has 2 aromatic heterocycles. The molecule has 0 aliphatic heterocycles. The van der Waals surface area contributed by atoms with Crippen molar-refractivity contribution in [2.24, 2.45) is 0 Å². The van der Waals surface area contributed by atoms with Crippen LogP contribution < -0.4 is 20.3 Å². The smallest absolute Gasteiger partial charge is 0.293 e. The molecule has 0 saturated carbocycles. The van der Waals surface area contributed by atoms with Gasteiger partial charge in [0, 0.05) is 40.5 Å². The predicted molar refractivity (Wildman–Crippen MR) is 178 cm³/mol. The summed E-state index contributed by atoms with van der Waals surface area (Å²) in [5.74, 6) is -0.549. The number of amides is 3. The first-order valence-corrected chi connectivity index (χ1v) is 14.9. The van der Waals surface area contributed by atoms with E-state index >= 15 is 0 Å². The van der Waals surface area contributed by atoms with Crippen molar-refractivity contribution in [2.75, 3.05) is 23.8 Å². The number of halogens is 2. The quantitative estimate of drug-likeness (QED) is 0.159. The number of nitrogens with one attached hydrogen (secondary N) is 2. The van der Waals surface area contributed by atoms with Gasteiger partial charge in [-0.15, -0.1) is 0 Å². The van der Waals surface area contributed by atoms with Gasteiger partial charge in [-0.3, -0.25) is 14.4 Å². The maximum Gasteiger partial charge on any atom is 0.293 e. The standard InChI is InChI=1S/C34H29Cl2N5O5/c1-20-7-11-23-5-4-6-28(32(23)39-20)45-18-25-26(35)14-15-27(31(25)36)41(3)30(43)17-37-29(42)16-10-22-8-12-24(13-9-22)40-34(44)33-21(2)38-19-46-33/h4-16,19H,17-18H2,1-3H3,(H,37,42)(H,40,44)/b16-10+. The van der Waals surface area contributed by atoms with Gasteiger partial charge in [0.05, 0.1) is 22.9 Å². The zero-order chi connectivity index (χ0) is 32.8. The van der Waals surface area contributed by atoms with Gasteiger partial charge in [-0.2, -0.15) is 0 Å². The Kier molecular flexibility index (Phi) is 10.00. The number of nitrogens with zero attached hydrogens (tertiary/aromatic N) is 3. The highest BCUT2D eigenvalue weighted by Crippen LogP contribution is 2.35. The maximum atomic E-state index is 13.0. The molecule has 5 aromatic rings. The third kappa shape index (κ3) is 7.53. The second-order valence-electron chi connectivity index (χ2n) is 10.3. The molecule has 3 amide bonds. The molecule has 0 radical (unpaired) electrons. The van der Waals surface area contributed by atoms with Crippen LogP contribution in [-0.4, -0.2) is 41.3 Å². The fourth-order valence-corrected chi connectivity index (χ4v) is 5.10. The number of rotatable bonds is 10. The number of para-hydroxylation sites is 1. The van der Waals surface area contributed by atoms with Crippen LogP contribution in [0, 0.1) is 13.8 Å². The van der Waals surface area contributed by atoms with Crippen molar-refractivity contribution in [3.63, 3.8) is 0 Å². The number of aromatic nitrogens is 2. The number of oxazole rings is 1. The number of hydrogen-bond acceptors (Lipinski definition) is 7. The molecule has 3 aromatic carbocycles. The van der Waals surface area contributed by atoms with E-state index in [0.29, 0.717) is 39.0 Å². The number of likely N-dealkylation sites (N-methyl/N-ethyl adjacent to an activating group) is 1. The molecular formula is C34H29Cl2N5O5. The second-order valence-corrected chi connectivity index (χ2v) is 11.1. The first kappa shape index (κ1) is 32.2. The molecule has 10 nitrogen and oxygen atoms in total. The van der Waals surface area contributed by atoms with Crippen LogP contribution in [0.25, 0.3) is 17.0 Å². The average Bonchev–Trinajstić information content (AvgIpc) is 3.49. The van der Waals surface area contributed by atoms with E-state index in [1.54, 1.807) is 56.4 Å². The summed E-state index contributed by atoms with van der Waals surface area (Å²) in [6, 6.07) is 19.7. The zero-order valence-electron chi connectivity index (χ0n) is 25.1. The molecule has 2 heterocycles. The van der Waals surface area contributed by atoms with Gasteiger partial charge in [0.25, 0.3) is 5.91 Å². The first-order valence-electron chi connectivity index (χ1n) is 14.1. The molecule has 0 aliphatic carbocycles. The van der Waals surface area contributed by atoms with Crippen LogP contribution >= 0.6 is 23.2 Å². The minimum absolute atomic E-state index is 0.0539. The third-order valence-electron chi connectivity index (χ3n) is 7.06. The Morgan fingerprint density at radius 3 is 2.52 bits per heavy atom. The molecule has 0 bridgehead atoms. The molecule has 0 aliphatic rings. The Morgan fingerprint density at radius 1 is 1.00 bits per heavy atom. The zero-order valence-corrected chi connectivity index (χ0v) is 26.6. The van der Waals surface area contributed by atoms with Gasteiger partial charge in [-0.05, 0) is 61.9 Å². The predicted octanol–water partition coefficient (Wildman–Crippen LogP) is 6.77. The van der Waals surface area contributed by atoms with Gasteiger partial charge in [0.15, 0.2) is 6.39 Å². The van der Waals surface area contributed by atoms with E-state index < -0.39 is 17.7 Å². The number of pyridine rings is 1. The highest BCUT2D eigenvalue weighted by Gasteiger charge is 2.19. The Bertz CT molecular complexity index is 1960. The van der Waals surface area contributed by atoms with Gasteiger partial charge in [-0.25, -0.2) is 9.97 Å². The van der Waals surface area contributed by atoms with Crippen LogP contribution in [0.15, 0.2) is 83.6 Å². The summed E-state index contributed by atoms with van der Waals surface area (Å²) in [6.07, 6.45) is 4.11. The molecule has 46 heavy (non-hydrogen) atoms. The summed E-state index contributed by atoms with van der Waals surface area (Å²) in [6.45, 7) is 3.37. The van der Waals surface area contributed by atoms with Gasteiger partial charge in [0.2, 0.25) is 17.6 Å². The molecule has 0 saturated heterocycles. The molecule has 234 valence electrons. The Hall–Kier alpha value is -5.19. The van der Waals surface area contributed by atoms with E-state index in [-0.39, 0.29) is 23.9 Å². The first-order chi connectivity index (χ1) is 22.1. The number of fused-ring (bicyclic) bond motifs is 1. The normalized spacial score (nSPS) is 11.1. The average molecular weight is 659 g/mol. The summed E-state index contributed by atoms with van der Waals surface area (Å²) >= 11 is 13.2. The molecular weight excluding hydrogens is 629 g/mol. The lowest BCUT2D eigenvalue weighted by molar-refractivity contribution is -0.122. The maximum absolute atomic E-state index is 13.0.